The van der Waals surface area contributed by atoms with E-state index in [1.165, 1.54) is 52.0 Å². The average Bonchev–Trinajstić information content (AvgIpc) is 2.22. The van der Waals surface area contributed by atoms with Crippen LogP contribution in [0.3, 0.4) is 0 Å². The van der Waals surface area contributed by atoms with Gasteiger partial charge in [0.15, 0.2) is 0 Å². The highest BCUT2D eigenvalue weighted by molar-refractivity contribution is 8.00. The summed E-state index contributed by atoms with van der Waals surface area (Å²) in [4.78, 5) is 2.64. The summed E-state index contributed by atoms with van der Waals surface area (Å²) in [6, 6.07) is 0. The molecule has 2 atom stereocenters. The van der Waals surface area contributed by atoms with Gasteiger partial charge in [-0.2, -0.15) is 11.8 Å². The minimum atomic E-state index is 0.821. The standard InChI is InChI=1S/C13H28N2S/c1-4-7-14-8-5-6-9-15-10-12(2)16-13(3)11-15/h12-14H,4-11H2,1-3H3. The van der Waals surface area contributed by atoms with Gasteiger partial charge in [-0.1, -0.05) is 20.8 Å². The first-order valence-electron chi connectivity index (χ1n) is 6.81. The quantitative estimate of drug-likeness (QED) is 0.693. The highest BCUT2D eigenvalue weighted by Gasteiger charge is 2.21. The summed E-state index contributed by atoms with van der Waals surface area (Å²) in [7, 11) is 0. The number of nitrogens with zero attached hydrogens (tertiary/aromatic N) is 1. The summed E-state index contributed by atoms with van der Waals surface area (Å²) in [5, 5.41) is 5.11. The first kappa shape index (κ1) is 14.3. The molecule has 0 bridgehead atoms. The molecule has 0 aliphatic carbocycles. The molecular formula is C13H28N2S. The molecule has 0 aromatic rings. The van der Waals surface area contributed by atoms with Gasteiger partial charge in [0.05, 0.1) is 0 Å². The Bertz CT molecular complexity index is 165. The first-order chi connectivity index (χ1) is 7.72. The smallest absolute Gasteiger partial charge is 0.0149 e. The number of unbranched alkanes of at least 4 members (excludes halogenated alkanes) is 1. The Labute approximate surface area is 106 Å². The molecule has 0 radical (unpaired) electrons. The Morgan fingerprint density at radius 3 is 2.44 bits per heavy atom. The van der Waals surface area contributed by atoms with Gasteiger partial charge in [0.25, 0.3) is 0 Å². The first-order valence-corrected chi connectivity index (χ1v) is 7.75. The van der Waals surface area contributed by atoms with Crippen molar-refractivity contribution in [2.45, 2.75) is 50.5 Å². The Hall–Kier alpha value is 0.270. The van der Waals surface area contributed by atoms with Crippen LogP contribution in [-0.2, 0) is 0 Å². The second-order valence-corrected chi connectivity index (χ2v) is 6.86. The van der Waals surface area contributed by atoms with Crippen molar-refractivity contribution in [1.82, 2.24) is 10.2 Å². The maximum Gasteiger partial charge on any atom is 0.0149 e. The molecule has 3 heteroatoms. The molecule has 16 heavy (non-hydrogen) atoms. The van der Waals surface area contributed by atoms with E-state index < -0.39 is 0 Å². The highest BCUT2D eigenvalue weighted by atomic mass is 32.2. The van der Waals surface area contributed by atoms with E-state index in [-0.39, 0.29) is 0 Å². The van der Waals surface area contributed by atoms with Crippen LogP contribution in [0, 0.1) is 0 Å². The fourth-order valence-electron chi connectivity index (χ4n) is 2.35. The number of rotatable bonds is 7. The van der Waals surface area contributed by atoms with Crippen molar-refractivity contribution in [1.29, 1.82) is 0 Å². The van der Waals surface area contributed by atoms with Gasteiger partial charge in [0, 0.05) is 23.6 Å². The molecule has 2 unspecified atom stereocenters. The predicted octanol–water partition coefficient (Wildman–Crippen LogP) is 2.59. The van der Waals surface area contributed by atoms with E-state index >= 15 is 0 Å². The number of hydrogen-bond donors (Lipinski definition) is 1. The number of thioether (sulfide) groups is 1. The Balaban J connectivity index is 1.99. The van der Waals surface area contributed by atoms with Gasteiger partial charge in [-0.3, -0.25) is 0 Å². The van der Waals surface area contributed by atoms with Crippen molar-refractivity contribution >= 4 is 11.8 Å². The molecule has 0 saturated carbocycles. The largest absolute Gasteiger partial charge is 0.317 e. The maximum atomic E-state index is 3.47. The van der Waals surface area contributed by atoms with Gasteiger partial charge in [-0.25, -0.2) is 0 Å². The van der Waals surface area contributed by atoms with E-state index in [2.05, 4.69) is 42.7 Å². The minimum Gasteiger partial charge on any atom is -0.317 e. The third-order valence-electron chi connectivity index (χ3n) is 3.00. The van der Waals surface area contributed by atoms with E-state index in [1.807, 2.05) is 0 Å². The molecule has 1 aliphatic rings. The summed E-state index contributed by atoms with van der Waals surface area (Å²) in [5.41, 5.74) is 0. The Morgan fingerprint density at radius 2 is 1.81 bits per heavy atom. The van der Waals surface area contributed by atoms with Crippen molar-refractivity contribution in [2.24, 2.45) is 0 Å². The van der Waals surface area contributed by atoms with Gasteiger partial charge >= 0.3 is 0 Å². The topological polar surface area (TPSA) is 15.3 Å². The zero-order valence-corrected chi connectivity index (χ0v) is 12.0. The minimum absolute atomic E-state index is 0.821. The lowest BCUT2D eigenvalue weighted by Crippen LogP contribution is -2.40. The SMILES string of the molecule is CCCNCCCCN1CC(C)SC(C)C1. The van der Waals surface area contributed by atoms with E-state index in [0.29, 0.717) is 0 Å². The zero-order valence-electron chi connectivity index (χ0n) is 11.2. The number of hydrogen-bond acceptors (Lipinski definition) is 3. The second kappa shape index (κ2) is 8.37. The zero-order chi connectivity index (χ0) is 11.8. The summed E-state index contributed by atoms with van der Waals surface area (Å²) >= 11 is 2.14. The predicted molar refractivity (Wildman–Crippen MR) is 75.3 cm³/mol. The summed E-state index contributed by atoms with van der Waals surface area (Å²) in [6.45, 7) is 13.2. The van der Waals surface area contributed by atoms with Gasteiger partial charge < -0.3 is 10.2 Å². The highest BCUT2D eigenvalue weighted by Crippen LogP contribution is 2.24. The van der Waals surface area contributed by atoms with Gasteiger partial charge in [0.1, 0.15) is 0 Å². The van der Waals surface area contributed by atoms with Crippen molar-refractivity contribution < 1.29 is 0 Å². The number of nitrogens with one attached hydrogen (secondary N) is 1. The van der Waals surface area contributed by atoms with Gasteiger partial charge in [-0.05, 0) is 38.9 Å². The van der Waals surface area contributed by atoms with Gasteiger partial charge in [-0.15, -0.1) is 0 Å². The van der Waals surface area contributed by atoms with Crippen LogP contribution in [0.25, 0.3) is 0 Å². The monoisotopic (exact) mass is 244 g/mol. The Kier molecular flexibility index (Phi) is 7.50. The third kappa shape index (κ3) is 6.12. The van der Waals surface area contributed by atoms with Crippen LogP contribution in [0.4, 0.5) is 0 Å². The lowest BCUT2D eigenvalue weighted by Gasteiger charge is -2.34. The third-order valence-corrected chi connectivity index (χ3v) is 4.23. The molecule has 2 nitrogen and oxygen atoms in total. The summed E-state index contributed by atoms with van der Waals surface area (Å²) < 4.78 is 0. The lowest BCUT2D eigenvalue weighted by molar-refractivity contribution is 0.265. The van der Waals surface area contributed by atoms with Crippen LogP contribution in [0.5, 0.6) is 0 Å². The normalized spacial score (nSPS) is 27.2. The Morgan fingerprint density at radius 1 is 1.12 bits per heavy atom. The molecule has 1 fully saturated rings. The van der Waals surface area contributed by atoms with Crippen molar-refractivity contribution in [3.05, 3.63) is 0 Å². The molecule has 0 spiro atoms. The van der Waals surface area contributed by atoms with Crippen LogP contribution in [0.15, 0.2) is 0 Å². The van der Waals surface area contributed by atoms with Gasteiger partial charge in [0.2, 0.25) is 0 Å². The van der Waals surface area contributed by atoms with E-state index in [4.69, 9.17) is 0 Å². The van der Waals surface area contributed by atoms with E-state index in [9.17, 15) is 0 Å². The van der Waals surface area contributed by atoms with E-state index in [1.54, 1.807) is 0 Å². The molecule has 1 heterocycles. The van der Waals surface area contributed by atoms with Crippen molar-refractivity contribution in [3.8, 4) is 0 Å². The second-order valence-electron chi connectivity index (χ2n) is 4.97. The van der Waals surface area contributed by atoms with Crippen LogP contribution in [-0.4, -0.2) is 48.1 Å². The molecular weight excluding hydrogens is 216 g/mol. The average molecular weight is 244 g/mol. The maximum absolute atomic E-state index is 3.47. The summed E-state index contributed by atoms with van der Waals surface area (Å²) in [6.07, 6.45) is 3.92. The van der Waals surface area contributed by atoms with Crippen molar-refractivity contribution in [3.63, 3.8) is 0 Å². The van der Waals surface area contributed by atoms with Crippen LogP contribution >= 0.6 is 11.8 Å². The summed E-state index contributed by atoms with van der Waals surface area (Å²) in [5.74, 6) is 0. The molecule has 1 saturated heterocycles. The molecule has 1 rings (SSSR count). The molecule has 0 amide bonds. The fraction of sp³-hybridized carbons (Fsp3) is 1.00. The van der Waals surface area contributed by atoms with Crippen LogP contribution in [0.2, 0.25) is 0 Å². The fourth-order valence-corrected chi connectivity index (χ4v) is 3.74. The molecule has 1 N–H and O–H groups in total. The molecule has 0 aromatic heterocycles. The van der Waals surface area contributed by atoms with Crippen LogP contribution in [0.1, 0.15) is 40.0 Å². The van der Waals surface area contributed by atoms with Crippen molar-refractivity contribution in [2.75, 3.05) is 32.7 Å². The lowest BCUT2D eigenvalue weighted by atomic mass is 10.2. The molecule has 1 aliphatic heterocycles. The van der Waals surface area contributed by atoms with Crippen LogP contribution < -0.4 is 5.32 Å². The van der Waals surface area contributed by atoms with E-state index in [0.717, 1.165) is 10.5 Å². The molecule has 96 valence electrons. The molecule has 0 aromatic carbocycles.